The number of benzene rings is 2. The summed E-state index contributed by atoms with van der Waals surface area (Å²) in [4.78, 5) is 20.6. The van der Waals surface area contributed by atoms with Crippen molar-refractivity contribution >= 4 is 44.4 Å². The maximum Gasteiger partial charge on any atom is 0.229 e. The van der Waals surface area contributed by atoms with Gasteiger partial charge in [-0.2, -0.15) is 0 Å². The van der Waals surface area contributed by atoms with Crippen LogP contribution in [0.15, 0.2) is 64.1 Å². The molecule has 1 amide bonds. The van der Waals surface area contributed by atoms with Crippen LogP contribution in [0.1, 0.15) is 24.2 Å². The molecule has 2 aromatic carbocycles. The average molecular weight is 471 g/mol. The van der Waals surface area contributed by atoms with Crippen LogP contribution >= 0.6 is 23.1 Å². The van der Waals surface area contributed by atoms with Crippen LogP contribution in [-0.2, 0) is 11.3 Å². The number of carbonyl (C=O) groups excluding carboxylic acids is 1. The van der Waals surface area contributed by atoms with E-state index in [4.69, 9.17) is 14.1 Å². The molecule has 32 heavy (non-hydrogen) atoms. The predicted molar refractivity (Wildman–Crippen MR) is 127 cm³/mol. The number of hydrogen-bond acceptors (Lipinski definition) is 6. The number of furan rings is 1. The van der Waals surface area contributed by atoms with E-state index in [1.165, 1.54) is 23.5 Å². The van der Waals surface area contributed by atoms with Gasteiger partial charge >= 0.3 is 0 Å². The van der Waals surface area contributed by atoms with E-state index < -0.39 is 0 Å². The third-order valence-electron chi connectivity index (χ3n) is 4.96. The third kappa shape index (κ3) is 5.14. The van der Waals surface area contributed by atoms with E-state index in [2.05, 4.69) is 0 Å². The van der Waals surface area contributed by atoms with Crippen molar-refractivity contribution < 1.29 is 18.3 Å². The molecule has 5 nitrogen and oxygen atoms in total. The number of anilines is 1. The highest BCUT2D eigenvalue weighted by Gasteiger charge is 2.22. The lowest BCUT2D eigenvalue weighted by Gasteiger charge is -2.18. The number of amides is 1. The Morgan fingerprint density at radius 2 is 2.03 bits per heavy atom. The van der Waals surface area contributed by atoms with Crippen molar-refractivity contribution in [2.75, 3.05) is 17.8 Å². The molecule has 0 bridgehead atoms. The number of halogens is 1. The lowest BCUT2D eigenvalue weighted by molar-refractivity contribution is -0.118. The second-order valence-electron chi connectivity index (χ2n) is 7.22. The monoisotopic (exact) mass is 470 g/mol. The number of aryl methyl sites for hydroxylation is 1. The molecule has 0 radical (unpaired) electrons. The van der Waals surface area contributed by atoms with E-state index in [1.807, 2.05) is 31.2 Å². The molecule has 0 saturated carbocycles. The van der Waals surface area contributed by atoms with Crippen molar-refractivity contribution in [3.8, 4) is 5.75 Å². The first-order valence-corrected chi connectivity index (χ1v) is 12.0. The summed E-state index contributed by atoms with van der Waals surface area (Å²) in [7, 11) is 1.62. The second-order valence-corrected chi connectivity index (χ2v) is 9.37. The fourth-order valence-electron chi connectivity index (χ4n) is 3.28. The zero-order valence-electron chi connectivity index (χ0n) is 17.8. The van der Waals surface area contributed by atoms with Gasteiger partial charge in [0.05, 0.1) is 24.6 Å². The first-order valence-electron chi connectivity index (χ1n) is 10.2. The first kappa shape index (κ1) is 22.4. The van der Waals surface area contributed by atoms with Gasteiger partial charge in [0.2, 0.25) is 5.91 Å². The molecule has 4 rings (SSSR count). The SMILES string of the molecule is COc1ccc(C)c2sc(N(Cc3ccco3)C(=O)CCCSc3ccc(F)cc3)nc12. The number of aromatic nitrogens is 1. The maximum atomic E-state index is 13.2. The van der Waals surface area contributed by atoms with Gasteiger partial charge in [-0.1, -0.05) is 17.4 Å². The predicted octanol–water partition coefficient (Wildman–Crippen LogP) is 6.45. The van der Waals surface area contributed by atoms with Gasteiger partial charge in [0.1, 0.15) is 22.8 Å². The van der Waals surface area contributed by atoms with Crippen LogP contribution in [-0.4, -0.2) is 23.8 Å². The van der Waals surface area contributed by atoms with E-state index in [9.17, 15) is 9.18 Å². The molecule has 0 unspecified atom stereocenters. The molecule has 0 spiro atoms. The molecule has 0 aliphatic rings. The standard InChI is InChI=1S/C24H23FN2O3S2/c1-16-7-12-20(29-2)22-23(16)32-24(26-22)27(15-18-5-3-13-30-18)21(28)6-4-14-31-19-10-8-17(25)9-11-19/h3,5,7-13H,4,6,14-15H2,1-2H3. The van der Waals surface area contributed by atoms with E-state index in [-0.39, 0.29) is 11.7 Å². The topological polar surface area (TPSA) is 55.6 Å². The highest BCUT2D eigenvalue weighted by atomic mass is 32.2. The summed E-state index contributed by atoms with van der Waals surface area (Å²) in [6.07, 6.45) is 2.67. The number of ether oxygens (including phenoxy) is 1. The molecular weight excluding hydrogens is 447 g/mol. The van der Waals surface area contributed by atoms with Crippen molar-refractivity contribution in [3.63, 3.8) is 0 Å². The number of rotatable bonds is 9. The molecule has 0 atom stereocenters. The number of fused-ring (bicyclic) bond motifs is 1. The van der Waals surface area contributed by atoms with Gasteiger partial charge in [0.25, 0.3) is 0 Å². The molecular formula is C24H23FN2O3S2. The van der Waals surface area contributed by atoms with Gasteiger partial charge in [0.15, 0.2) is 5.13 Å². The second kappa shape index (κ2) is 10.2. The van der Waals surface area contributed by atoms with Gasteiger partial charge < -0.3 is 9.15 Å². The van der Waals surface area contributed by atoms with Crippen LogP contribution in [0.5, 0.6) is 5.75 Å². The lowest BCUT2D eigenvalue weighted by Crippen LogP contribution is -2.30. The van der Waals surface area contributed by atoms with Gasteiger partial charge in [-0.3, -0.25) is 9.69 Å². The number of thioether (sulfide) groups is 1. The number of carbonyl (C=O) groups is 1. The van der Waals surface area contributed by atoms with Gasteiger partial charge in [-0.15, -0.1) is 11.8 Å². The Morgan fingerprint density at radius 3 is 2.75 bits per heavy atom. The smallest absolute Gasteiger partial charge is 0.229 e. The van der Waals surface area contributed by atoms with E-state index in [0.717, 1.165) is 26.4 Å². The number of methoxy groups -OCH3 is 1. The normalized spacial score (nSPS) is 11.1. The van der Waals surface area contributed by atoms with E-state index >= 15 is 0 Å². The highest BCUT2D eigenvalue weighted by Crippen LogP contribution is 2.37. The summed E-state index contributed by atoms with van der Waals surface area (Å²) in [5.74, 6) is 1.88. The zero-order valence-corrected chi connectivity index (χ0v) is 19.5. The Balaban J connectivity index is 1.50. The van der Waals surface area contributed by atoms with Gasteiger partial charge in [-0.25, -0.2) is 9.37 Å². The minimum absolute atomic E-state index is 0.0169. The summed E-state index contributed by atoms with van der Waals surface area (Å²) in [6.45, 7) is 2.34. The molecule has 2 heterocycles. The minimum atomic E-state index is -0.249. The Kier molecular flexibility index (Phi) is 7.12. The first-order chi connectivity index (χ1) is 15.5. The maximum absolute atomic E-state index is 13.2. The fraction of sp³-hybridized carbons (Fsp3) is 0.250. The molecule has 0 N–H and O–H groups in total. The van der Waals surface area contributed by atoms with E-state index in [1.54, 1.807) is 42.2 Å². The van der Waals surface area contributed by atoms with Crippen LogP contribution < -0.4 is 9.64 Å². The van der Waals surface area contributed by atoms with Crippen molar-refractivity contribution in [2.24, 2.45) is 0 Å². The number of thiazole rings is 1. The van der Waals surface area contributed by atoms with Crippen molar-refractivity contribution in [1.82, 2.24) is 4.98 Å². The molecule has 8 heteroatoms. The molecule has 0 aliphatic heterocycles. The Bertz CT molecular complexity index is 1190. The summed E-state index contributed by atoms with van der Waals surface area (Å²) in [5, 5.41) is 0.625. The average Bonchev–Trinajstić information content (AvgIpc) is 3.47. The summed E-state index contributed by atoms with van der Waals surface area (Å²) in [6, 6.07) is 13.9. The Hall–Kier alpha value is -2.84. The van der Waals surface area contributed by atoms with Crippen molar-refractivity contribution in [2.45, 2.75) is 31.2 Å². The summed E-state index contributed by atoms with van der Waals surface area (Å²) >= 11 is 3.09. The summed E-state index contributed by atoms with van der Waals surface area (Å²) in [5.41, 5.74) is 1.85. The third-order valence-corrected chi connectivity index (χ3v) is 7.27. The largest absolute Gasteiger partial charge is 0.494 e. The molecule has 4 aromatic rings. The minimum Gasteiger partial charge on any atom is -0.494 e. The molecule has 166 valence electrons. The molecule has 0 fully saturated rings. The molecule has 0 saturated heterocycles. The Labute approximate surface area is 194 Å². The van der Waals surface area contributed by atoms with Crippen LogP contribution in [0.3, 0.4) is 0 Å². The van der Waals surface area contributed by atoms with Crippen LogP contribution in [0.4, 0.5) is 9.52 Å². The van der Waals surface area contributed by atoms with Crippen molar-refractivity contribution in [3.05, 3.63) is 71.9 Å². The van der Waals surface area contributed by atoms with E-state index in [0.29, 0.717) is 36.0 Å². The highest BCUT2D eigenvalue weighted by molar-refractivity contribution is 7.99. The zero-order chi connectivity index (χ0) is 22.5. The molecule has 0 aliphatic carbocycles. The quantitative estimate of drug-likeness (QED) is 0.208. The number of nitrogens with zero attached hydrogens (tertiary/aromatic N) is 2. The van der Waals surface area contributed by atoms with Crippen LogP contribution in [0.2, 0.25) is 0 Å². The van der Waals surface area contributed by atoms with Gasteiger partial charge in [-0.05, 0) is 67.1 Å². The number of hydrogen-bond donors (Lipinski definition) is 0. The fourth-order valence-corrected chi connectivity index (χ4v) is 5.20. The molecule has 2 aromatic heterocycles. The van der Waals surface area contributed by atoms with Crippen molar-refractivity contribution in [1.29, 1.82) is 0 Å². The van der Waals surface area contributed by atoms with Crippen LogP contribution in [0.25, 0.3) is 10.2 Å². The lowest BCUT2D eigenvalue weighted by atomic mass is 10.2. The van der Waals surface area contributed by atoms with Gasteiger partial charge in [0, 0.05) is 11.3 Å². The Morgan fingerprint density at radius 1 is 1.22 bits per heavy atom. The summed E-state index contributed by atoms with van der Waals surface area (Å²) < 4.78 is 25.0. The van der Waals surface area contributed by atoms with Crippen LogP contribution in [0, 0.1) is 12.7 Å².